The highest BCUT2D eigenvalue weighted by atomic mass is 32.1. The van der Waals surface area contributed by atoms with Gasteiger partial charge in [-0.2, -0.15) is 0 Å². The predicted molar refractivity (Wildman–Crippen MR) is 184 cm³/mol. The quantitative estimate of drug-likeness (QED) is 0.208. The van der Waals surface area contributed by atoms with Crippen molar-refractivity contribution in [1.82, 2.24) is 9.97 Å². The van der Waals surface area contributed by atoms with Gasteiger partial charge >= 0.3 is 0 Å². The predicted octanol–water partition coefficient (Wildman–Crippen LogP) is 11.4. The lowest BCUT2D eigenvalue weighted by Gasteiger charge is -2.09. The van der Waals surface area contributed by atoms with Crippen LogP contribution in [0, 0.1) is 0 Å². The molecule has 0 amide bonds. The zero-order valence-electron chi connectivity index (χ0n) is 23.6. The third-order valence-corrected chi connectivity index (χ3v) is 9.56. The summed E-state index contributed by atoms with van der Waals surface area (Å²) < 4.78 is 9.22. The van der Waals surface area contributed by atoms with Crippen LogP contribution in [0.15, 0.2) is 150 Å². The van der Waals surface area contributed by atoms with Gasteiger partial charge in [-0.15, -0.1) is 11.3 Å². The summed E-state index contributed by atoms with van der Waals surface area (Å²) in [6.07, 6.45) is 1.64. The number of hydrogen-bond acceptors (Lipinski definition) is 4. The molecule has 3 aromatic heterocycles. The van der Waals surface area contributed by atoms with E-state index in [1.807, 2.05) is 29.5 Å². The first-order chi connectivity index (χ1) is 21.8. The molecule has 0 atom stereocenters. The van der Waals surface area contributed by atoms with Gasteiger partial charge in [0.25, 0.3) is 0 Å². The lowest BCUT2D eigenvalue weighted by Crippen LogP contribution is -1.88. The molecule has 0 N–H and O–H groups in total. The fraction of sp³-hybridized carbons (Fsp3) is 0. The van der Waals surface area contributed by atoms with Crippen molar-refractivity contribution in [3.8, 4) is 44.6 Å². The van der Waals surface area contributed by atoms with Crippen LogP contribution in [0.5, 0.6) is 0 Å². The van der Waals surface area contributed by atoms with E-state index >= 15 is 0 Å². The number of para-hydroxylation sites is 1. The molecule has 3 nitrogen and oxygen atoms in total. The second-order valence-corrected chi connectivity index (χ2v) is 12.1. The molecule has 0 saturated heterocycles. The molecule has 0 aliphatic heterocycles. The van der Waals surface area contributed by atoms with E-state index in [0.29, 0.717) is 5.58 Å². The van der Waals surface area contributed by atoms with Crippen molar-refractivity contribution in [3.05, 3.63) is 146 Å². The van der Waals surface area contributed by atoms with Crippen LogP contribution in [0.3, 0.4) is 0 Å². The van der Waals surface area contributed by atoms with Crippen LogP contribution in [-0.2, 0) is 0 Å². The SMILES string of the molecule is c1ccc(-c2cccc3c2oc2c(-c4cccc(-c5cccc(-c6ccc7sc8ccccc8c7c6)c5)c4)ncnc23)cc1. The molecule has 9 rings (SSSR count). The Kier molecular flexibility index (Phi) is 5.68. The van der Waals surface area contributed by atoms with Crippen LogP contribution in [0.4, 0.5) is 0 Å². The Morgan fingerprint density at radius 2 is 1.07 bits per heavy atom. The third kappa shape index (κ3) is 4.03. The Hall–Kier alpha value is -5.58. The zero-order valence-corrected chi connectivity index (χ0v) is 24.4. The second-order valence-electron chi connectivity index (χ2n) is 11.0. The molecule has 3 heterocycles. The van der Waals surface area contributed by atoms with E-state index in [1.165, 1.54) is 31.3 Å². The summed E-state index contributed by atoms with van der Waals surface area (Å²) in [5.41, 5.74) is 11.0. The summed E-state index contributed by atoms with van der Waals surface area (Å²) in [6, 6.07) is 49.3. The third-order valence-electron chi connectivity index (χ3n) is 8.40. The molecule has 0 unspecified atom stereocenters. The minimum Gasteiger partial charge on any atom is -0.451 e. The van der Waals surface area contributed by atoms with Gasteiger partial charge in [-0.25, -0.2) is 9.97 Å². The lowest BCUT2D eigenvalue weighted by molar-refractivity contribution is 0.668. The fourth-order valence-electron chi connectivity index (χ4n) is 6.28. The van der Waals surface area contributed by atoms with Crippen LogP contribution in [-0.4, -0.2) is 9.97 Å². The Bertz CT molecular complexity index is 2510. The number of rotatable bonds is 4. The van der Waals surface area contributed by atoms with Crippen molar-refractivity contribution in [2.75, 3.05) is 0 Å². The van der Waals surface area contributed by atoms with Crippen molar-refractivity contribution in [2.45, 2.75) is 0 Å². The number of hydrogen-bond donors (Lipinski definition) is 0. The minimum atomic E-state index is 0.702. The highest BCUT2D eigenvalue weighted by molar-refractivity contribution is 7.25. The summed E-state index contributed by atoms with van der Waals surface area (Å²) in [7, 11) is 0. The molecule has 206 valence electrons. The van der Waals surface area contributed by atoms with E-state index in [-0.39, 0.29) is 0 Å². The average molecular weight is 581 g/mol. The molecule has 0 bridgehead atoms. The van der Waals surface area contributed by atoms with Crippen LogP contribution in [0.2, 0.25) is 0 Å². The monoisotopic (exact) mass is 580 g/mol. The first-order valence-electron chi connectivity index (χ1n) is 14.6. The molecule has 0 saturated carbocycles. The molecule has 6 aromatic carbocycles. The van der Waals surface area contributed by atoms with Gasteiger partial charge in [-0.3, -0.25) is 0 Å². The van der Waals surface area contributed by atoms with Crippen LogP contribution in [0.1, 0.15) is 0 Å². The van der Waals surface area contributed by atoms with Gasteiger partial charge in [0.2, 0.25) is 0 Å². The van der Waals surface area contributed by atoms with Crippen LogP contribution < -0.4 is 0 Å². The van der Waals surface area contributed by atoms with Gasteiger partial charge < -0.3 is 4.42 Å². The molecule has 0 aliphatic carbocycles. The average Bonchev–Trinajstić information content (AvgIpc) is 3.67. The molecular weight excluding hydrogens is 557 g/mol. The molecule has 0 radical (unpaired) electrons. The summed E-state index contributed by atoms with van der Waals surface area (Å²) >= 11 is 1.85. The van der Waals surface area contributed by atoms with Gasteiger partial charge in [0.15, 0.2) is 5.58 Å². The first-order valence-corrected chi connectivity index (χ1v) is 15.5. The van der Waals surface area contributed by atoms with Crippen LogP contribution in [0.25, 0.3) is 86.9 Å². The van der Waals surface area contributed by atoms with E-state index in [9.17, 15) is 0 Å². The van der Waals surface area contributed by atoms with Crippen molar-refractivity contribution in [2.24, 2.45) is 0 Å². The Labute approximate surface area is 257 Å². The Morgan fingerprint density at radius 3 is 1.91 bits per heavy atom. The van der Waals surface area contributed by atoms with Gasteiger partial charge in [-0.1, -0.05) is 103 Å². The molecule has 0 aliphatic rings. The summed E-state index contributed by atoms with van der Waals surface area (Å²) in [5.74, 6) is 0. The molecule has 4 heteroatoms. The van der Waals surface area contributed by atoms with Gasteiger partial charge in [0.05, 0.1) is 0 Å². The number of benzene rings is 6. The van der Waals surface area contributed by atoms with Crippen molar-refractivity contribution in [1.29, 1.82) is 0 Å². The summed E-state index contributed by atoms with van der Waals surface area (Å²) in [5, 5.41) is 3.62. The number of nitrogens with zero attached hydrogens (tertiary/aromatic N) is 2. The second kappa shape index (κ2) is 10.0. The first kappa shape index (κ1) is 25.0. The van der Waals surface area contributed by atoms with Crippen molar-refractivity contribution >= 4 is 53.6 Å². The summed E-state index contributed by atoms with van der Waals surface area (Å²) in [6.45, 7) is 0. The Morgan fingerprint density at radius 1 is 0.432 bits per heavy atom. The van der Waals surface area contributed by atoms with E-state index in [1.54, 1.807) is 6.33 Å². The topological polar surface area (TPSA) is 38.9 Å². The number of thiophene rings is 1. The van der Waals surface area contributed by atoms with Gasteiger partial charge in [-0.05, 0) is 64.2 Å². The van der Waals surface area contributed by atoms with E-state index in [2.05, 4.69) is 126 Å². The van der Waals surface area contributed by atoms with Crippen LogP contribution >= 0.6 is 11.3 Å². The maximum absolute atomic E-state index is 6.58. The van der Waals surface area contributed by atoms with E-state index in [0.717, 1.165) is 50.0 Å². The number of furan rings is 1. The summed E-state index contributed by atoms with van der Waals surface area (Å²) in [4.78, 5) is 9.37. The van der Waals surface area contributed by atoms with E-state index in [4.69, 9.17) is 9.40 Å². The molecule has 0 spiro atoms. The Balaban J connectivity index is 1.14. The highest BCUT2D eigenvalue weighted by Crippen LogP contribution is 2.40. The largest absolute Gasteiger partial charge is 0.451 e. The standard InChI is InChI=1S/C40H24N2OS/c1-2-9-25(10-3-1)31-16-8-17-33-38-40(43-39(31)33)37(41-24-42-38)30-14-7-13-28(22-30)26-11-6-12-27(21-26)29-19-20-36-34(23-29)32-15-4-5-18-35(32)44-36/h1-24H. The fourth-order valence-corrected chi connectivity index (χ4v) is 7.36. The normalized spacial score (nSPS) is 11.6. The van der Waals surface area contributed by atoms with Gasteiger partial charge in [0, 0.05) is 36.7 Å². The number of aromatic nitrogens is 2. The molecule has 44 heavy (non-hydrogen) atoms. The van der Waals surface area contributed by atoms with Crippen molar-refractivity contribution in [3.63, 3.8) is 0 Å². The number of fused-ring (bicyclic) bond motifs is 6. The minimum absolute atomic E-state index is 0.702. The van der Waals surface area contributed by atoms with Gasteiger partial charge in [0.1, 0.15) is 23.1 Å². The zero-order chi connectivity index (χ0) is 29.0. The molecular formula is C40H24N2OS. The molecule has 9 aromatic rings. The smallest absolute Gasteiger partial charge is 0.180 e. The van der Waals surface area contributed by atoms with E-state index < -0.39 is 0 Å². The van der Waals surface area contributed by atoms with Crippen molar-refractivity contribution < 1.29 is 4.42 Å². The maximum atomic E-state index is 6.58. The highest BCUT2D eigenvalue weighted by Gasteiger charge is 2.18. The lowest BCUT2D eigenvalue weighted by atomic mass is 9.96. The molecule has 0 fully saturated rings. The maximum Gasteiger partial charge on any atom is 0.180 e.